The standard InChI is InChI=1S/C14H17F2N/c15-13-7-4-8-14(16)12(13)10-17-9-11-5-2-1-3-6-11/h1-2,4,7-8,11,17H,3,5-6,9-10H2. The van der Waals surface area contributed by atoms with Crippen molar-refractivity contribution in [3.63, 3.8) is 0 Å². The van der Waals surface area contributed by atoms with Gasteiger partial charge in [-0.1, -0.05) is 18.2 Å². The molecule has 0 spiro atoms. The Morgan fingerprint density at radius 2 is 1.94 bits per heavy atom. The Balaban J connectivity index is 1.83. The molecule has 1 atom stereocenters. The van der Waals surface area contributed by atoms with Crippen molar-refractivity contribution in [2.75, 3.05) is 6.54 Å². The summed E-state index contributed by atoms with van der Waals surface area (Å²) in [6.45, 7) is 1.08. The monoisotopic (exact) mass is 237 g/mol. The molecule has 2 rings (SSSR count). The van der Waals surface area contributed by atoms with E-state index in [1.165, 1.54) is 18.2 Å². The molecular formula is C14H17F2N. The molecule has 1 aromatic carbocycles. The minimum Gasteiger partial charge on any atom is -0.312 e. The summed E-state index contributed by atoms with van der Waals surface area (Å²) in [5.41, 5.74) is 0.138. The third-order valence-electron chi connectivity index (χ3n) is 3.17. The first-order chi connectivity index (χ1) is 8.27. The van der Waals surface area contributed by atoms with Crippen LogP contribution in [0.15, 0.2) is 30.4 Å². The number of hydrogen-bond donors (Lipinski definition) is 1. The zero-order chi connectivity index (χ0) is 12.1. The van der Waals surface area contributed by atoms with Crippen LogP contribution in [-0.2, 0) is 6.54 Å². The number of halogens is 2. The number of rotatable bonds is 4. The van der Waals surface area contributed by atoms with Crippen molar-refractivity contribution in [2.24, 2.45) is 5.92 Å². The van der Waals surface area contributed by atoms with Crippen molar-refractivity contribution in [2.45, 2.75) is 25.8 Å². The maximum Gasteiger partial charge on any atom is 0.130 e. The molecule has 0 aliphatic heterocycles. The maximum absolute atomic E-state index is 13.3. The Labute approximate surface area is 101 Å². The molecule has 0 amide bonds. The fraction of sp³-hybridized carbons (Fsp3) is 0.429. The van der Waals surface area contributed by atoms with E-state index < -0.39 is 11.6 Å². The molecule has 0 saturated carbocycles. The number of allylic oxidation sites excluding steroid dienone is 2. The molecule has 1 nitrogen and oxygen atoms in total. The van der Waals surface area contributed by atoms with Crippen LogP contribution in [0.3, 0.4) is 0 Å². The second kappa shape index (κ2) is 5.92. The topological polar surface area (TPSA) is 12.0 Å². The van der Waals surface area contributed by atoms with Gasteiger partial charge in [0.25, 0.3) is 0 Å². The highest BCUT2D eigenvalue weighted by Crippen LogP contribution is 2.17. The summed E-state index contributed by atoms with van der Waals surface area (Å²) in [4.78, 5) is 0. The molecule has 1 unspecified atom stereocenters. The predicted molar refractivity (Wildman–Crippen MR) is 64.5 cm³/mol. The van der Waals surface area contributed by atoms with Crippen LogP contribution in [0.1, 0.15) is 24.8 Å². The summed E-state index contributed by atoms with van der Waals surface area (Å²) in [6.07, 6.45) is 7.70. The summed E-state index contributed by atoms with van der Waals surface area (Å²) < 4.78 is 26.6. The SMILES string of the molecule is Fc1cccc(F)c1CNCC1CC=CCC1. The van der Waals surface area contributed by atoms with Crippen LogP contribution in [0.2, 0.25) is 0 Å². The van der Waals surface area contributed by atoms with Gasteiger partial charge in [-0.2, -0.15) is 0 Å². The highest BCUT2D eigenvalue weighted by atomic mass is 19.1. The molecule has 0 bridgehead atoms. The fourth-order valence-electron chi connectivity index (χ4n) is 2.14. The summed E-state index contributed by atoms with van der Waals surface area (Å²) in [5.74, 6) is -0.350. The normalized spacial score (nSPS) is 19.5. The van der Waals surface area contributed by atoms with Crippen LogP contribution >= 0.6 is 0 Å². The average molecular weight is 237 g/mol. The van der Waals surface area contributed by atoms with E-state index in [1.54, 1.807) is 0 Å². The van der Waals surface area contributed by atoms with E-state index in [0.29, 0.717) is 5.92 Å². The summed E-state index contributed by atoms with van der Waals surface area (Å²) >= 11 is 0. The van der Waals surface area contributed by atoms with Crippen molar-refractivity contribution >= 4 is 0 Å². The van der Waals surface area contributed by atoms with Gasteiger partial charge in [-0.15, -0.1) is 0 Å². The molecule has 17 heavy (non-hydrogen) atoms. The molecule has 1 aliphatic rings. The van der Waals surface area contributed by atoms with Crippen LogP contribution < -0.4 is 5.32 Å². The summed E-state index contributed by atoms with van der Waals surface area (Å²) in [7, 11) is 0. The van der Waals surface area contributed by atoms with E-state index in [1.807, 2.05) is 0 Å². The first kappa shape index (κ1) is 12.2. The Hall–Kier alpha value is -1.22. The van der Waals surface area contributed by atoms with Gasteiger partial charge in [-0.3, -0.25) is 0 Å². The highest BCUT2D eigenvalue weighted by Gasteiger charge is 2.11. The zero-order valence-corrected chi connectivity index (χ0v) is 9.76. The largest absolute Gasteiger partial charge is 0.312 e. The molecule has 0 saturated heterocycles. The number of hydrogen-bond acceptors (Lipinski definition) is 1. The van der Waals surface area contributed by atoms with Crippen molar-refractivity contribution in [3.8, 4) is 0 Å². The molecule has 0 heterocycles. The van der Waals surface area contributed by atoms with Crippen molar-refractivity contribution in [1.29, 1.82) is 0 Å². The Bertz CT molecular complexity index is 381. The molecule has 92 valence electrons. The van der Waals surface area contributed by atoms with E-state index in [2.05, 4.69) is 17.5 Å². The van der Waals surface area contributed by atoms with Gasteiger partial charge < -0.3 is 5.32 Å². The van der Waals surface area contributed by atoms with Crippen LogP contribution in [-0.4, -0.2) is 6.54 Å². The molecule has 0 radical (unpaired) electrons. The molecule has 0 fully saturated rings. The maximum atomic E-state index is 13.3. The predicted octanol–water partition coefficient (Wildman–Crippen LogP) is 3.41. The van der Waals surface area contributed by atoms with Gasteiger partial charge in [0.2, 0.25) is 0 Å². The zero-order valence-electron chi connectivity index (χ0n) is 9.76. The number of nitrogens with one attached hydrogen (secondary N) is 1. The van der Waals surface area contributed by atoms with Crippen LogP contribution in [0.4, 0.5) is 8.78 Å². The van der Waals surface area contributed by atoms with E-state index in [-0.39, 0.29) is 12.1 Å². The van der Waals surface area contributed by atoms with Gasteiger partial charge in [-0.05, 0) is 43.9 Å². The Kier molecular flexibility index (Phi) is 4.26. The lowest BCUT2D eigenvalue weighted by molar-refractivity contribution is 0.432. The second-order valence-electron chi connectivity index (χ2n) is 4.48. The van der Waals surface area contributed by atoms with Gasteiger partial charge in [0.1, 0.15) is 11.6 Å². The lowest BCUT2D eigenvalue weighted by Gasteiger charge is -2.18. The quantitative estimate of drug-likeness (QED) is 0.791. The Morgan fingerprint density at radius 1 is 1.18 bits per heavy atom. The summed E-state index contributed by atoms with van der Waals surface area (Å²) in [6, 6.07) is 3.98. The fourth-order valence-corrected chi connectivity index (χ4v) is 2.14. The number of benzene rings is 1. The lowest BCUT2D eigenvalue weighted by Crippen LogP contribution is -2.24. The van der Waals surface area contributed by atoms with Gasteiger partial charge in [-0.25, -0.2) is 8.78 Å². The molecule has 0 aromatic heterocycles. The molecule has 1 N–H and O–H groups in total. The van der Waals surface area contributed by atoms with Gasteiger partial charge in [0.15, 0.2) is 0 Å². The Morgan fingerprint density at radius 3 is 2.59 bits per heavy atom. The lowest BCUT2D eigenvalue weighted by atomic mass is 9.94. The summed E-state index contributed by atoms with van der Waals surface area (Å²) in [5, 5.41) is 3.14. The minimum atomic E-state index is -0.471. The highest BCUT2D eigenvalue weighted by molar-refractivity contribution is 5.19. The molecular weight excluding hydrogens is 220 g/mol. The van der Waals surface area contributed by atoms with Gasteiger partial charge >= 0.3 is 0 Å². The van der Waals surface area contributed by atoms with Crippen LogP contribution in [0.25, 0.3) is 0 Å². The third kappa shape index (κ3) is 3.37. The first-order valence-electron chi connectivity index (χ1n) is 6.06. The smallest absolute Gasteiger partial charge is 0.130 e. The minimum absolute atomic E-state index is 0.138. The van der Waals surface area contributed by atoms with Crippen LogP contribution in [0.5, 0.6) is 0 Å². The van der Waals surface area contributed by atoms with Crippen LogP contribution in [0, 0.1) is 17.6 Å². The van der Waals surface area contributed by atoms with Crippen molar-refractivity contribution in [3.05, 3.63) is 47.5 Å². The molecule has 3 heteroatoms. The molecule has 1 aliphatic carbocycles. The van der Waals surface area contributed by atoms with Crippen molar-refractivity contribution < 1.29 is 8.78 Å². The first-order valence-corrected chi connectivity index (χ1v) is 6.06. The average Bonchev–Trinajstić information content (AvgIpc) is 2.34. The molecule has 1 aromatic rings. The van der Waals surface area contributed by atoms with Gasteiger partial charge in [0, 0.05) is 12.1 Å². The van der Waals surface area contributed by atoms with Gasteiger partial charge in [0.05, 0.1) is 0 Å². The third-order valence-corrected chi connectivity index (χ3v) is 3.17. The van der Waals surface area contributed by atoms with E-state index >= 15 is 0 Å². The van der Waals surface area contributed by atoms with E-state index in [9.17, 15) is 8.78 Å². The van der Waals surface area contributed by atoms with E-state index in [0.717, 1.165) is 25.8 Å². The second-order valence-corrected chi connectivity index (χ2v) is 4.48. The van der Waals surface area contributed by atoms with E-state index in [4.69, 9.17) is 0 Å². The van der Waals surface area contributed by atoms with Crippen molar-refractivity contribution in [1.82, 2.24) is 5.32 Å².